The number of hydrogen-bond acceptors (Lipinski definition) is 4. The van der Waals surface area contributed by atoms with Crippen LogP contribution in [0, 0.1) is 5.92 Å². The SMILES string of the molecule is CC(C)CNCC1CCCCN1CC(=O)OC(C)C. The van der Waals surface area contributed by atoms with E-state index in [1.165, 1.54) is 19.3 Å². The molecule has 1 unspecified atom stereocenters. The number of carbonyl (C=O) groups is 1. The van der Waals surface area contributed by atoms with Crippen LogP contribution in [0.2, 0.25) is 0 Å². The van der Waals surface area contributed by atoms with Crippen molar-refractivity contribution in [2.75, 3.05) is 26.2 Å². The first-order valence-corrected chi connectivity index (χ1v) is 7.63. The Morgan fingerprint density at radius 1 is 1.32 bits per heavy atom. The standard InChI is InChI=1S/C15H30N2O2/c1-12(2)9-16-10-14-7-5-6-8-17(14)11-15(18)19-13(3)4/h12-14,16H,5-11H2,1-4H3. The average molecular weight is 270 g/mol. The van der Waals surface area contributed by atoms with Crippen molar-refractivity contribution in [2.24, 2.45) is 5.92 Å². The van der Waals surface area contributed by atoms with E-state index < -0.39 is 0 Å². The maximum absolute atomic E-state index is 11.8. The minimum absolute atomic E-state index is 0.0187. The van der Waals surface area contributed by atoms with Crippen molar-refractivity contribution >= 4 is 5.97 Å². The van der Waals surface area contributed by atoms with Crippen molar-refractivity contribution in [1.29, 1.82) is 0 Å². The number of likely N-dealkylation sites (tertiary alicyclic amines) is 1. The molecule has 19 heavy (non-hydrogen) atoms. The van der Waals surface area contributed by atoms with Crippen LogP contribution in [-0.2, 0) is 9.53 Å². The van der Waals surface area contributed by atoms with Crippen LogP contribution in [0.1, 0.15) is 47.0 Å². The van der Waals surface area contributed by atoms with Crippen molar-refractivity contribution in [3.05, 3.63) is 0 Å². The summed E-state index contributed by atoms with van der Waals surface area (Å²) in [6, 6.07) is 0.479. The summed E-state index contributed by atoms with van der Waals surface area (Å²) in [5.41, 5.74) is 0. The lowest BCUT2D eigenvalue weighted by Gasteiger charge is -2.35. The highest BCUT2D eigenvalue weighted by Gasteiger charge is 2.24. The molecule has 0 aromatic carbocycles. The van der Waals surface area contributed by atoms with Gasteiger partial charge in [0.05, 0.1) is 12.6 Å². The third-order valence-electron chi connectivity index (χ3n) is 3.38. The highest BCUT2D eigenvalue weighted by molar-refractivity contribution is 5.71. The molecule has 112 valence electrons. The van der Waals surface area contributed by atoms with E-state index in [-0.39, 0.29) is 12.1 Å². The molecule has 1 heterocycles. The fourth-order valence-corrected chi connectivity index (χ4v) is 2.50. The van der Waals surface area contributed by atoms with Crippen LogP contribution in [0.15, 0.2) is 0 Å². The second kappa shape index (κ2) is 8.54. The molecule has 0 aliphatic carbocycles. The summed E-state index contributed by atoms with van der Waals surface area (Å²) < 4.78 is 5.24. The molecular formula is C15H30N2O2. The highest BCUT2D eigenvalue weighted by atomic mass is 16.5. The Labute approximate surface area is 117 Å². The number of esters is 1. The predicted octanol–water partition coefficient (Wildman–Crippen LogP) is 2.04. The van der Waals surface area contributed by atoms with E-state index in [9.17, 15) is 4.79 Å². The number of nitrogens with one attached hydrogen (secondary N) is 1. The van der Waals surface area contributed by atoms with Crippen LogP contribution in [0.4, 0.5) is 0 Å². The van der Waals surface area contributed by atoms with Gasteiger partial charge in [0.2, 0.25) is 0 Å². The number of ether oxygens (including phenoxy) is 1. The quantitative estimate of drug-likeness (QED) is 0.719. The Morgan fingerprint density at radius 3 is 2.68 bits per heavy atom. The van der Waals surface area contributed by atoms with Crippen molar-refractivity contribution in [3.63, 3.8) is 0 Å². The van der Waals surface area contributed by atoms with Gasteiger partial charge in [0.1, 0.15) is 0 Å². The van der Waals surface area contributed by atoms with Crippen molar-refractivity contribution in [3.8, 4) is 0 Å². The molecule has 0 aromatic heterocycles. The van der Waals surface area contributed by atoms with Crippen molar-refractivity contribution < 1.29 is 9.53 Å². The van der Waals surface area contributed by atoms with Crippen LogP contribution in [0.5, 0.6) is 0 Å². The second-order valence-corrected chi connectivity index (χ2v) is 6.21. The van der Waals surface area contributed by atoms with E-state index in [4.69, 9.17) is 4.74 Å². The van der Waals surface area contributed by atoms with Gasteiger partial charge in [-0.3, -0.25) is 9.69 Å². The third-order valence-corrected chi connectivity index (χ3v) is 3.38. The Hall–Kier alpha value is -0.610. The smallest absolute Gasteiger partial charge is 0.320 e. The number of piperidine rings is 1. The van der Waals surface area contributed by atoms with Gasteiger partial charge in [0.25, 0.3) is 0 Å². The molecular weight excluding hydrogens is 240 g/mol. The van der Waals surface area contributed by atoms with Gasteiger partial charge < -0.3 is 10.1 Å². The van der Waals surface area contributed by atoms with Crippen LogP contribution < -0.4 is 5.32 Å². The lowest BCUT2D eigenvalue weighted by Crippen LogP contribution is -2.48. The monoisotopic (exact) mass is 270 g/mol. The van der Waals surface area contributed by atoms with Crippen LogP contribution in [0.25, 0.3) is 0 Å². The number of carbonyl (C=O) groups excluding carboxylic acids is 1. The van der Waals surface area contributed by atoms with E-state index in [0.717, 1.165) is 19.6 Å². The van der Waals surface area contributed by atoms with Gasteiger partial charge in [0, 0.05) is 12.6 Å². The summed E-state index contributed by atoms with van der Waals surface area (Å²) in [5, 5.41) is 3.50. The minimum Gasteiger partial charge on any atom is -0.462 e. The molecule has 1 aliphatic heterocycles. The summed E-state index contributed by atoms with van der Waals surface area (Å²) in [4.78, 5) is 14.0. The molecule has 0 bridgehead atoms. The maximum atomic E-state index is 11.8. The lowest BCUT2D eigenvalue weighted by molar-refractivity contribution is -0.149. The van der Waals surface area contributed by atoms with Crippen molar-refractivity contribution in [2.45, 2.75) is 59.1 Å². The fourth-order valence-electron chi connectivity index (χ4n) is 2.50. The van der Waals surface area contributed by atoms with E-state index in [1.54, 1.807) is 0 Å². The largest absolute Gasteiger partial charge is 0.462 e. The van der Waals surface area contributed by atoms with Gasteiger partial charge in [-0.05, 0) is 45.7 Å². The predicted molar refractivity (Wildman–Crippen MR) is 78.1 cm³/mol. The summed E-state index contributed by atoms with van der Waals surface area (Å²) >= 11 is 0. The zero-order valence-corrected chi connectivity index (χ0v) is 12.9. The highest BCUT2D eigenvalue weighted by Crippen LogP contribution is 2.16. The molecule has 1 aliphatic rings. The summed E-state index contributed by atoms with van der Waals surface area (Å²) in [5.74, 6) is 0.578. The van der Waals surface area contributed by atoms with Gasteiger partial charge in [-0.15, -0.1) is 0 Å². The fraction of sp³-hybridized carbons (Fsp3) is 0.933. The zero-order valence-electron chi connectivity index (χ0n) is 12.9. The van der Waals surface area contributed by atoms with Gasteiger partial charge in [-0.25, -0.2) is 0 Å². The summed E-state index contributed by atoms with van der Waals surface area (Å²) in [7, 11) is 0. The van der Waals surface area contributed by atoms with Crippen LogP contribution in [0.3, 0.4) is 0 Å². The first kappa shape index (κ1) is 16.4. The first-order valence-electron chi connectivity index (χ1n) is 7.63. The minimum atomic E-state index is -0.0919. The van der Waals surface area contributed by atoms with Gasteiger partial charge >= 0.3 is 5.97 Å². The Bertz CT molecular complexity index is 267. The molecule has 1 atom stereocenters. The molecule has 1 rings (SSSR count). The number of hydrogen-bond donors (Lipinski definition) is 1. The number of nitrogens with zero attached hydrogens (tertiary/aromatic N) is 1. The van der Waals surface area contributed by atoms with Gasteiger partial charge in [-0.2, -0.15) is 0 Å². The molecule has 0 amide bonds. The van der Waals surface area contributed by atoms with Gasteiger partial charge in [-0.1, -0.05) is 20.3 Å². The van der Waals surface area contributed by atoms with E-state index in [2.05, 4.69) is 24.1 Å². The molecule has 0 saturated carbocycles. The molecule has 1 saturated heterocycles. The molecule has 0 radical (unpaired) electrons. The molecule has 1 N–H and O–H groups in total. The van der Waals surface area contributed by atoms with E-state index in [1.807, 2.05) is 13.8 Å². The number of rotatable bonds is 7. The van der Waals surface area contributed by atoms with Crippen molar-refractivity contribution in [1.82, 2.24) is 10.2 Å². The molecule has 0 spiro atoms. The second-order valence-electron chi connectivity index (χ2n) is 6.21. The Morgan fingerprint density at radius 2 is 2.05 bits per heavy atom. The topological polar surface area (TPSA) is 41.6 Å². The average Bonchev–Trinajstić information content (AvgIpc) is 2.29. The first-order chi connectivity index (χ1) is 8.99. The summed E-state index contributed by atoms with van der Waals surface area (Å²) in [6.07, 6.45) is 3.62. The van der Waals surface area contributed by atoms with Crippen LogP contribution >= 0.6 is 0 Å². The molecule has 1 fully saturated rings. The lowest BCUT2D eigenvalue weighted by atomic mass is 10.0. The molecule has 0 aromatic rings. The zero-order chi connectivity index (χ0) is 14.3. The van der Waals surface area contributed by atoms with E-state index >= 15 is 0 Å². The Balaban J connectivity index is 2.36. The Kier molecular flexibility index (Phi) is 7.39. The molecule has 4 heteroatoms. The third kappa shape index (κ3) is 6.92. The van der Waals surface area contributed by atoms with E-state index in [0.29, 0.717) is 18.5 Å². The summed E-state index contributed by atoms with van der Waals surface area (Å²) in [6.45, 7) is 11.7. The molecule has 4 nitrogen and oxygen atoms in total. The normalized spacial score (nSPS) is 21.1. The van der Waals surface area contributed by atoms with Gasteiger partial charge in [0.15, 0.2) is 0 Å². The van der Waals surface area contributed by atoms with Crippen LogP contribution in [-0.4, -0.2) is 49.2 Å². The maximum Gasteiger partial charge on any atom is 0.320 e.